The smallest absolute Gasteiger partial charge is 0.0931 e. The quantitative estimate of drug-likeness (QED) is 0.690. The molecule has 1 aliphatic carbocycles. The Morgan fingerprint density at radius 3 is 2.86 bits per heavy atom. The van der Waals surface area contributed by atoms with Gasteiger partial charge in [-0.25, -0.2) is 0 Å². The first-order valence-electron chi connectivity index (χ1n) is 5.04. The van der Waals surface area contributed by atoms with Crippen LogP contribution in [0.4, 0.5) is 0 Å². The average Bonchev–Trinajstić information content (AvgIpc) is 2.67. The molecule has 1 fully saturated rings. The Hall–Kier alpha value is 0.470. The van der Waals surface area contributed by atoms with Crippen LogP contribution < -0.4 is 0 Å². The van der Waals surface area contributed by atoms with E-state index in [4.69, 9.17) is 11.6 Å². The standard InChI is InChI=1S/C11H14BrClS/c1-7-9(2-3-10(7)12)4-8-5-11(13)14-6-8/h5-7,9-10H,2-4H2,1H3. The lowest BCUT2D eigenvalue weighted by atomic mass is 9.92. The van der Waals surface area contributed by atoms with Crippen LogP contribution in [0, 0.1) is 11.8 Å². The number of thiophene rings is 1. The van der Waals surface area contributed by atoms with Crippen LogP contribution in [0.25, 0.3) is 0 Å². The largest absolute Gasteiger partial charge is 0.132 e. The highest BCUT2D eigenvalue weighted by Gasteiger charge is 2.30. The fraction of sp³-hybridized carbons (Fsp3) is 0.636. The molecule has 0 bridgehead atoms. The molecule has 78 valence electrons. The molecular weight excluding hydrogens is 280 g/mol. The second-order valence-corrected chi connectivity index (χ2v) is 6.89. The molecule has 1 saturated carbocycles. The highest BCUT2D eigenvalue weighted by atomic mass is 79.9. The van der Waals surface area contributed by atoms with Crippen LogP contribution in [0.15, 0.2) is 11.4 Å². The monoisotopic (exact) mass is 292 g/mol. The summed E-state index contributed by atoms with van der Waals surface area (Å²) in [6.45, 7) is 2.35. The minimum atomic E-state index is 0.724. The van der Waals surface area contributed by atoms with E-state index in [1.54, 1.807) is 11.3 Å². The molecule has 0 aromatic carbocycles. The van der Waals surface area contributed by atoms with Crippen molar-refractivity contribution in [1.82, 2.24) is 0 Å². The SMILES string of the molecule is CC1C(Br)CCC1Cc1csc(Cl)c1. The lowest BCUT2D eigenvalue weighted by molar-refractivity contribution is 0.424. The molecule has 0 N–H and O–H groups in total. The van der Waals surface area contributed by atoms with Gasteiger partial charge in [0.2, 0.25) is 0 Å². The van der Waals surface area contributed by atoms with Crippen molar-refractivity contribution in [2.75, 3.05) is 0 Å². The third-order valence-electron chi connectivity index (χ3n) is 3.25. The molecule has 14 heavy (non-hydrogen) atoms. The van der Waals surface area contributed by atoms with Gasteiger partial charge in [-0.15, -0.1) is 11.3 Å². The maximum absolute atomic E-state index is 5.92. The first-order chi connectivity index (χ1) is 6.66. The molecule has 2 rings (SSSR count). The topological polar surface area (TPSA) is 0 Å². The summed E-state index contributed by atoms with van der Waals surface area (Å²) in [4.78, 5) is 0.724. The molecule has 1 heterocycles. The Morgan fingerprint density at radius 1 is 1.57 bits per heavy atom. The zero-order chi connectivity index (χ0) is 10.1. The van der Waals surface area contributed by atoms with E-state index in [0.29, 0.717) is 0 Å². The fourth-order valence-corrected chi connectivity index (χ4v) is 3.86. The molecule has 0 nitrogen and oxygen atoms in total. The zero-order valence-electron chi connectivity index (χ0n) is 8.17. The van der Waals surface area contributed by atoms with E-state index in [1.807, 2.05) is 0 Å². The van der Waals surface area contributed by atoms with E-state index < -0.39 is 0 Å². The van der Waals surface area contributed by atoms with Gasteiger partial charge in [0.05, 0.1) is 4.34 Å². The van der Waals surface area contributed by atoms with Gasteiger partial charge in [0, 0.05) is 4.83 Å². The summed E-state index contributed by atoms with van der Waals surface area (Å²) in [6, 6.07) is 2.11. The number of hydrogen-bond donors (Lipinski definition) is 0. The Morgan fingerprint density at radius 2 is 2.36 bits per heavy atom. The summed E-state index contributed by atoms with van der Waals surface area (Å²) >= 11 is 11.3. The molecule has 0 aliphatic heterocycles. The van der Waals surface area contributed by atoms with Gasteiger partial charge in [-0.05, 0) is 48.1 Å². The van der Waals surface area contributed by atoms with Crippen molar-refractivity contribution in [3.63, 3.8) is 0 Å². The molecule has 0 radical (unpaired) electrons. The van der Waals surface area contributed by atoms with E-state index in [9.17, 15) is 0 Å². The van der Waals surface area contributed by atoms with Gasteiger partial charge in [-0.1, -0.05) is 34.5 Å². The molecule has 3 unspecified atom stereocenters. The van der Waals surface area contributed by atoms with Crippen molar-refractivity contribution in [2.24, 2.45) is 11.8 Å². The molecule has 0 spiro atoms. The summed E-state index contributed by atoms with van der Waals surface area (Å²) in [7, 11) is 0. The molecule has 1 aromatic rings. The molecule has 3 atom stereocenters. The average molecular weight is 294 g/mol. The van der Waals surface area contributed by atoms with Gasteiger partial charge in [0.1, 0.15) is 0 Å². The van der Waals surface area contributed by atoms with Crippen LogP contribution in [0.2, 0.25) is 4.34 Å². The zero-order valence-corrected chi connectivity index (χ0v) is 11.3. The molecular formula is C11H14BrClS. The summed E-state index contributed by atoms with van der Waals surface area (Å²) in [5.41, 5.74) is 1.42. The summed E-state index contributed by atoms with van der Waals surface area (Å²) < 4.78 is 0.918. The van der Waals surface area contributed by atoms with Gasteiger partial charge in [0.25, 0.3) is 0 Å². The van der Waals surface area contributed by atoms with E-state index in [-0.39, 0.29) is 0 Å². The third-order valence-corrected chi connectivity index (χ3v) is 5.68. The Labute approximate surface area is 103 Å². The van der Waals surface area contributed by atoms with E-state index in [0.717, 1.165) is 21.0 Å². The van der Waals surface area contributed by atoms with E-state index in [2.05, 4.69) is 34.3 Å². The highest BCUT2D eigenvalue weighted by Crippen LogP contribution is 2.39. The van der Waals surface area contributed by atoms with Gasteiger partial charge < -0.3 is 0 Å². The van der Waals surface area contributed by atoms with Gasteiger partial charge in [-0.3, -0.25) is 0 Å². The van der Waals surface area contributed by atoms with Gasteiger partial charge in [-0.2, -0.15) is 0 Å². The normalized spacial score (nSPS) is 32.4. The molecule has 3 heteroatoms. The van der Waals surface area contributed by atoms with Crippen LogP contribution in [0.5, 0.6) is 0 Å². The van der Waals surface area contributed by atoms with Crippen LogP contribution in [0.3, 0.4) is 0 Å². The minimum absolute atomic E-state index is 0.724. The molecule has 0 amide bonds. The third kappa shape index (κ3) is 2.34. The number of alkyl halides is 1. The second kappa shape index (κ2) is 4.54. The summed E-state index contributed by atoms with van der Waals surface area (Å²) in [5, 5.41) is 2.19. The fourth-order valence-electron chi connectivity index (χ4n) is 2.24. The first kappa shape index (κ1) is 11.0. The van der Waals surface area contributed by atoms with E-state index in [1.165, 1.54) is 24.8 Å². The summed E-state index contributed by atoms with van der Waals surface area (Å²) in [6.07, 6.45) is 3.88. The molecule has 0 saturated heterocycles. The van der Waals surface area contributed by atoms with Crippen molar-refractivity contribution in [2.45, 2.75) is 31.0 Å². The summed E-state index contributed by atoms with van der Waals surface area (Å²) in [5.74, 6) is 1.64. The Bertz CT molecular complexity index is 310. The first-order valence-corrected chi connectivity index (χ1v) is 7.21. The lowest BCUT2D eigenvalue weighted by Gasteiger charge is -2.16. The van der Waals surface area contributed by atoms with Crippen molar-refractivity contribution in [1.29, 1.82) is 0 Å². The maximum Gasteiger partial charge on any atom is 0.0931 e. The second-order valence-electron chi connectivity index (χ2n) is 4.18. The highest BCUT2D eigenvalue weighted by molar-refractivity contribution is 9.09. The van der Waals surface area contributed by atoms with Crippen molar-refractivity contribution in [3.8, 4) is 0 Å². The number of hydrogen-bond acceptors (Lipinski definition) is 1. The van der Waals surface area contributed by atoms with Crippen LogP contribution >= 0.6 is 38.9 Å². The van der Waals surface area contributed by atoms with Gasteiger partial charge in [0.15, 0.2) is 0 Å². The Kier molecular flexibility index (Phi) is 3.56. The van der Waals surface area contributed by atoms with Crippen LogP contribution in [-0.2, 0) is 6.42 Å². The van der Waals surface area contributed by atoms with Crippen molar-refractivity contribution >= 4 is 38.9 Å². The molecule has 1 aromatic heterocycles. The predicted molar refractivity (Wildman–Crippen MR) is 67.6 cm³/mol. The van der Waals surface area contributed by atoms with Crippen LogP contribution in [-0.4, -0.2) is 4.83 Å². The lowest BCUT2D eigenvalue weighted by Crippen LogP contribution is -2.12. The van der Waals surface area contributed by atoms with E-state index >= 15 is 0 Å². The van der Waals surface area contributed by atoms with Crippen molar-refractivity contribution in [3.05, 3.63) is 21.3 Å². The van der Waals surface area contributed by atoms with Crippen molar-refractivity contribution < 1.29 is 0 Å². The molecule has 1 aliphatic rings. The minimum Gasteiger partial charge on any atom is -0.132 e. The number of rotatable bonds is 2. The predicted octanol–water partition coefficient (Wildman–Crippen LogP) is 4.75. The Balaban J connectivity index is 1.98. The van der Waals surface area contributed by atoms with Crippen LogP contribution in [0.1, 0.15) is 25.3 Å². The number of halogens is 2. The maximum atomic E-state index is 5.92. The van der Waals surface area contributed by atoms with Gasteiger partial charge >= 0.3 is 0 Å².